The zero-order valence-electron chi connectivity index (χ0n) is 15.6. The molecular formula is C20H27N3O2S. The van der Waals surface area contributed by atoms with Gasteiger partial charge >= 0.3 is 0 Å². The van der Waals surface area contributed by atoms with E-state index in [4.69, 9.17) is 4.52 Å². The predicted octanol–water partition coefficient (Wildman–Crippen LogP) is 3.41. The number of hydrogen-bond acceptors (Lipinski definition) is 5. The molecule has 3 aliphatic heterocycles. The Morgan fingerprint density at radius 1 is 1.31 bits per heavy atom. The second-order valence-electron chi connectivity index (χ2n) is 7.77. The summed E-state index contributed by atoms with van der Waals surface area (Å²) >= 11 is 1.70. The quantitative estimate of drug-likeness (QED) is 0.806. The van der Waals surface area contributed by atoms with Gasteiger partial charge < -0.3 is 9.42 Å². The Bertz CT molecular complexity index is 736. The van der Waals surface area contributed by atoms with Crippen LogP contribution in [0.2, 0.25) is 0 Å². The summed E-state index contributed by atoms with van der Waals surface area (Å²) in [5.74, 6) is 1.83. The van der Waals surface area contributed by atoms with Crippen molar-refractivity contribution in [2.75, 3.05) is 19.6 Å². The van der Waals surface area contributed by atoms with Gasteiger partial charge in [-0.3, -0.25) is 9.69 Å². The van der Waals surface area contributed by atoms with Crippen LogP contribution in [0.25, 0.3) is 0 Å². The van der Waals surface area contributed by atoms with Crippen LogP contribution >= 0.6 is 11.3 Å². The van der Waals surface area contributed by atoms with E-state index in [0.29, 0.717) is 24.3 Å². The highest BCUT2D eigenvalue weighted by Gasteiger charge is 2.37. The number of rotatable bonds is 5. The highest BCUT2D eigenvalue weighted by Crippen LogP contribution is 2.30. The summed E-state index contributed by atoms with van der Waals surface area (Å²) in [7, 11) is 0. The van der Waals surface area contributed by atoms with E-state index < -0.39 is 0 Å². The Morgan fingerprint density at radius 2 is 2.19 bits per heavy atom. The molecule has 140 valence electrons. The fourth-order valence-corrected chi connectivity index (χ4v) is 5.10. The minimum Gasteiger partial charge on any atom is -0.361 e. The number of fused-ring (bicyclic) bond motifs is 4. The Balaban J connectivity index is 1.40. The molecule has 5 heterocycles. The van der Waals surface area contributed by atoms with Gasteiger partial charge in [-0.05, 0) is 61.4 Å². The third-order valence-electron chi connectivity index (χ3n) is 5.88. The van der Waals surface area contributed by atoms with Crippen LogP contribution in [0.3, 0.4) is 0 Å². The van der Waals surface area contributed by atoms with Crippen molar-refractivity contribution in [3.63, 3.8) is 0 Å². The van der Waals surface area contributed by atoms with Crippen LogP contribution < -0.4 is 0 Å². The maximum absolute atomic E-state index is 12.9. The lowest BCUT2D eigenvalue weighted by Gasteiger charge is -2.36. The first-order chi connectivity index (χ1) is 12.6. The molecule has 0 aliphatic carbocycles. The van der Waals surface area contributed by atoms with Crippen molar-refractivity contribution in [3.8, 4) is 0 Å². The van der Waals surface area contributed by atoms with E-state index in [-0.39, 0.29) is 0 Å². The van der Waals surface area contributed by atoms with Crippen LogP contribution in [-0.4, -0.2) is 46.5 Å². The van der Waals surface area contributed by atoms with E-state index in [1.807, 2.05) is 13.8 Å². The zero-order valence-corrected chi connectivity index (χ0v) is 16.4. The van der Waals surface area contributed by atoms with Gasteiger partial charge in [-0.25, -0.2) is 0 Å². The second kappa shape index (κ2) is 7.53. The molecule has 0 spiro atoms. The normalized spacial score (nSPS) is 23.4. The molecule has 3 aliphatic rings. The van der Waals surface area contributed by atoms with Crippen molar-refractivity contribution in [2.45, 2.75) is 52.1 Å². The lowest BCUT2D eigenvalue weighted by Crippen LogP contribution is -2.47. The number of carbonyl (C=O) groups excluding carboxylic acids is 1. The van der Waals surface area contributed by atoms with Crippen molar-refractivity contribution in [3.05, 3.63) is 39.4 Å². The summed E-state index contributed by atoms with van der Waals surface area (Å²) in [4.78, 5) is 17.5. The average Bonchev–Trinajstić information content (AvgIpc) is 3.15. The summed E-state index contributed by atoms with van der Waals surface area (Å²) < 4.78 is 5.32. The molecule has 5 rings (SSSR count). The minimum absolute atomic E-state index is 0.324. The van der Waals surface area contributed by atoms with Crippen molar-refractivity contribution >= 4 is 17.2 Å². The molecule has 2 aromatic rings. The second-order valence-corrected chi connectivity index (χ2v) is 8.55. The monoisotopic (exact) mass is 373 g/mol. The van der Waals surface area contributed by atoms with Gasteiger partial charge in [0.15, 0.2) is 0 Å². The molecular weight excluding hydrogens is 346 g/mol. The number of aryl methyl sites for hydroxylation is 3. The van der Waals surface area contributed by atoms with Crippen LogP contribution in [0.15, 0.2) is 21.3 Å². The predicted molar refractivity (Wildman–Crippen MR) is 102 cm³/mol. The molecule has 3 fully saturated rings. The summed E-state index contributed by atoms with van der Waals surface area (Å²) in [6.07, 6.45) is 3.85. The number of amides is 1. The smallest absolute Gasteiger partial charge is 0.223 e. The SMILES string of the molecule is Cc1noc(C)c1CN1C[C@@H]2CC[C@H](C1)N(C(=O)CCc1ccsc1)C2. The molecule has 2 bridgehead atoms. The fourth-order valence-electron chi connectivity index (χ4n) is 4.39. The van der Waals surface area contributed by atoms with Crippen LogP contribution in [0.5, 0.6) is 0 Å². The Kier molecular flexibility index (Phi) is 5.14. The lowest BCUT2D eigenvalue weighted by molar-refractivity contribution is -0.135. The van der Waals surface area contributed by atoms with E-state index in [1.165, 1.54) is 17.5 Å². The van der Waals surface area contributed by atoms with Gasteiger partial charge in [-0.15, -0.1) is 0 Å². The molecule has 0 saturated carbocycles. The maximum Gasteiger partial charge on any atom is 0.223 e. The maximum atomic E-state index is 12.9. The highest BCUT2D eigenvalue weighted by molar-refractivity contribution is 7.07. The van der Waals surface area contributed by atoms with Crippen LogP contribution in [0.4, 0.5) is 0 Å². The largest absolute Gasteiger partial charge is 0.361 e. The van der Waals surface area contributed by atoms with E-state index in [1.54, 1.807) is 11.3 Å². The lowest BCUT2D eigenvalue weighted by atomic mass is 9.94. The Labute approximate surface area is 159 Å². The fraction of sp³-hybridized carbons (Fsp3) is 0.600. The number of piperidine rings is 1. The first-order valence-electron chi connectivity index (χ1n) is 9.55. The first kappa shape index (κ1) is 17.7. The van der Waals surface area contributed by atoms with E-state index >= 15 is 0 Å². The summed E-state index contributed by atoms with van der Waals surface area (Å²) in [6, 6.07) is 2.47. The van der Waals surface area contributed by atoms with Crippen LogP contribution in [0.1, 0.15) is 41.8 Å². The van der Waals surface area contributed by atoms with Crippen molar-refractivity contribution in [1.82, 2.24) is 15.0 Å². The molecule has 26 heavy (non-hydrogen) atoms. The number of aromatic nitrogens is 1. The van der Waals surface area contributed by atoms with Gasteiger partial charge in [0, 0.05) is 44.2 Å². The molecule has 5 nitrogen and oxygen atoms in total. The van der Waals surface area contributed by atoms with Crippen molar-refractivity contribution in [1.29, 1.82) is 0 Å². The standard InChI is InChI=1S/C20H27N3O2S/c1-14-19(15(2)25-21-14)12-22-9-17-3-5-18(11-22)23(10-17)20(24)6-4-16-7-8-26-13-16/h7-8,13,17-18H,3-6,9-12H2,1-2H3/t17-,18+/m0/s1. The summed E-state index contributed by atoms with van der Waals surface area (Å²) in [6.45, 7) is 7.83. The number of hydrogen-bond donors (Lipinski definition) is 0. The van der Waals surface area contributed by atoms with Gasteiger partial charge in [-0.2, -0.15) is 11.3 Å². The molecule has 2 atom stereocenters. The molecule has 0 radical (unpaired) electrons. The van der Waals surface area contributed by atoms with E-state index in [9.17, 15) is 4.79 Å². The van der Waals surface area contributed by atoms with Gasteiger partial charge in [-0.1, -0.05) is 5.16 Å². The van der Waals surface area contributed by atoms with Gasteiger partial charge in [0.05, 0.1) is 5.69 Å². The minimum atomic E-state index is 0.324. The molecule has 1 amide bonds. The molecule has 0 N–H and O–H groups in total. The van der Waals surface area contributed by atoms with Crippen molar-refractivity contribution in [2.24, 2.45) is 5.92 Å². The van der Waals surface area contributed by atoms with Crippen LogP contribution in [0, 0.1) is 19.8 Å². The van der Waals surface area contributed by atoms with E-state index in [0.717, 1.165) is 50.5 Å². The molecule has 0 aromatic carbocycles. The third kappa shape index (κ3) is 3.71. The van der Waals surface area contributed by atoms with Gasteiger partial charge in [0.2, 0.25) is 5.91 Å². The molecule has 3 saturated heterocycles. The Hall–Kier alpha value is -1.66. The molecule has 6 heteroatoms. The topological polar surface area (TPSA) is 49.6 Å². The van der Waals surface area contributed by atoms with Gasteiger partial charge in [0.25, 0.3) is 0 Å². The van der Waals surface area contributed by atoms with E-state index in [2.05, 4.69) is 31.8 Å². The molecule has 0 unspecified atom stereocenters. The first-order valence-corrected chi connectivity index (χ1v) is 10.5. The average molecular weight is 374 g/mol. The number of carbonyl (C=O) groups is 1. The number of thiophene rings is 1. The number of nitrogens with zero attached hydrogens (tertiary/aromatic N) is 3. The third-order valence-corrected chi connectivity index (χ3v) is 6.61. The summed E-state index contributed by atoms with van der Waals surface area (Å²) in [5, 5.41) is 8.31. The van der Waals surface area contributed by atoms with Gasteiger partial charge in [0.1, 0.15) is 5.76 Å². The Morgan fingerprint density at radius 3 is 2.92 bits per heavy atom. The van der Waals surface area contributed by atoms with Crippen molar-refractivity contribution < 1.29 is 9.32 Å². The highest BCUT2D eigenvalue weighted by atomic mass is 32.1. The summed E-state index contributed by atoms with van der Waals surface area (Å²) in [5.41, 5.74) is 3.48. The zero-order chi connectivity index (χ0) is 18.1. The van der Waals surface area contributed by atoms with Crippen LogP contribution in [-0.2, 0) is 17.8 Å². The molecule has 2 aromatic heterocycles.